The second-order valence-corrected chi connectivity index (χ2v) is 22.8. The lowest BCUT2D eigenvalue weighted by molar-refractivity contribution is 0.195. The lowest BCUT2D eigenvalue weighted by Crippen LogP contribution is -2.64. The summed E-state index contributed by atoms with van der Waals surface area (Å²) in [6, 6.07) is 31.5. The van der Waals surface area contributed by atoms with Gasteiger partial charge >= 0.3 is 6.85 Å². The van der Waals surface area contributed by atoms with Gasteiger partial charge in [0.25, 0.3) is 0 Å². The first-order valence-electron chi connectivity index (χ1n) is 22.3. The minimum atomic E-state index is -0.0324. The Bertz CT molecular complexity index is 2760. The number of hydrogen-bond acceptors (Lipinski definition) is 3. The molecule has 0 amide bonds. The van der Waals surface area contributed by atoms with Gasteiger partial charge < -0.3 is 14.1 Å². The summed E-state index contributed by atoms with van der Waals surface area (Å²) >= 11 is 0. The topological polar surface area (TPSA) is 19.6 Å². The molecular formula is C54H61BN2O. The molecule has 2 aliphatic carbocycles. The number of hydrogen-bond donors (Lipinski definition) is 0. The highest BCUT2D eigenvalue weighted by Crippen LogP contribution is 2.63. The first kappa shape index (κ1) is 36.6. The highest BCUT2D eigenvalue weighted by Gasteiger charge is 2.62. The third-order valence-electron chi connectivity index (χ3n) is 16.3. The van der Waals surface area contributed by atoms with Crippen LogP contribution in [0.5, 0.6) is 0 Å². The van der Waals surface area contributed by atoms with Crippen LogP contribution < -0.4 is 20.6 Å². The van der Waals surface area contributed by atoms with E-state index in [0.717, 1.165) is 11.2 Å². The van der Waals surface area contributed by atoms with Crippen LogP contribution in [0.25, 0.3) is 33.1 Å². The average molecular weight is 765 g/mol. The zero-order valence-electron chi connectivity index (χ0n) is 37.1. The molecule has 4 heterocycles. The van der Waals surface area contributed by atoms with Gasteiger partial charge in [-0.15, -0.1) is 0 Å². The molecule has 0 bridgehead atoms. The molecule has 1 fully saturated rings. The van der Waals surface area contributed by atoms with Gasteiger partial charge in [0, 0.05) is 44.5 Å². The summed E-state index contributed by atoms with van der Waals surface area (Å²) in [6.07, 6.45) is 7.34. The molecule has 58 heavy (non-hydrogen) atoms. The Labute approximate surface area is 347 Å². The first-order chi connectivity index (χ1) is 27.2. The van der Waals surface area contributed by atoms with E-state index in [-0.39, 0.29) is 39.5 Å². The summed E-state index contributed by atoms with van der Waals surface area (Å²) < 4.78 is 7.03. The van der Waals surface area contributed by atoms with Crippen molar-refractivity contribution in [1.82, 2.24) is 0 Å². The van der Waals surface area contributed by atoms with Gasteiger partial charge in [0.05, 0.1) is 5.54 Å². The summed E-state index contributed by atoms with van der Waals surface area (Å²) in [6.45, 7) is 29.3. The van der Waals surface area contributed by atoms with E-state index in [0.29, 0.717) is 0 Å². The molecule has 2 atom stereocenters. The second kappa shape index (κ2) is 11.2. The minimum absolute atomic E-state index is 0.00703. The predicted octanol–water partition coefficient (Wildman–Crippen LogP) is 13.5. The summed E-state index contributed by atoms with van der Waals surface area (Å²) in [4.78, 5) is 5.60. The van der Waals surface area contributed by atoms with Crippen LogP contribution in [-0.2, 0) is 27.1 Å². The third-order valence-corrected chi connectivity index (χ3v) is 16.3. The number of para-hydroxylation sites is 1. The Balaban J connectivity index is 1.29. The molecule has 0 radical (unpaired) electrons. The van der Waals surface area contributed by atoms with Gasteiger partial charge in [0.2, 0.25) is 0 Å². The van der Waals surface area contributed by atoms with Crippen LogP contribution in [0, 0.1) is 0 Å². The molecule has 0 N–H and O–H groups in total. The van der Waals surface area contributed by atoms with Gasteiger partial charge in [-0.05, 0) is 141 Å². The molecule has 1 saturated carbocycles. The van der Waals surface area contributed by atoms with Crippen molar-refractivity contribution in [3.8, 4) is 11.1 Å². The number of furan rings is 1. The maximum Gasteiger partial charge on any atom is 0.333 e. The highest BCUT2D eigenvalue weighted by molar-refractivity contribution is 6.93. The summed E-state index contributed by atoms with van der Waals surface area (Å²) in [5.41, 5.74) is 20.4. The van der Waals surface area contributed by atoms with Crippen LogP contribution in [0.2, 0.25) is 0 Å². The molecule has 0 saturated heterocycles. The van der Waals surface area contributed by atoms with Gasteiger partial charge in [-0.3, -0.25) is 0 Å². The van der Waals surface area contributed by atoms with Crippen LogP contribution >= 0.6 is 0 Å². The fourth-order valence-electron chi connectivity index (χ4n) is 12.4. The van der Waals surface area contributed by atoms with Crippen LogP contribution in [0.4, 0.5) is 22.7 Å². The van der Waals surface area contributed by atoms with E-state index in [2.05, 4.69) is 172 Å². The van der Waals surface area contributed by atoms with E-state index in [4.69, 9.17) is 4.42 Å². The molecule has 5 aromatic carbocycles. The Morgan fingerprint density at radius 3 is 1.90 bits per heavy atom. The maximum atomic E-state index is 7.03. The molecule has 2 unspecified atom stereocenters. The zero-order valence-corrected chi connectivity index (χ0v) is 37.1. The molecule has 4 heteroatoms. The van der Waals surface area contributed by atoms with E-state index in [1.54, 1.807) is 5.56 Å². The maximum absolute atomic E-state index is 7.03. The Hall–Kier alpha value is -4.44. The largest absolute Gasteiger partial charge is 0.456 e. The number of nitrogens with zero attached hydrogens (tertiary/aromatic N) is 2. The van der Waals surface area contributed by atoms with Crippen LogP contribution in [0.15, 0.2) is 83.3 Å². The molecule has 11 rings (SSSR count). The molecule has 3 nitrogen and oxygen atoms in total. The summed E-state index contributed by atoms with van der Waals surface area (Å²) in [5, 5.41) is 2.45. The highest BCUT2D eigenvalue weighted by atomic mass is 16.3. The number of fused-ring (bicyclic) bond motifs is 11. The fraction of sp³-hybridized carbons (Fsp3) is 0.444. The quantitative estimate of drug-likeness (QED) is 0.156. The van der Waals surface area contributed by atoms with Crippen molar-refractivity contribution in [2.24, 2.45) is 0 Å². The van der Waals surface area contributed by atoms with E-state index >= 15 is 0 Å². The molecule has 1 aromatic heterocycles. The Morgan fingerprint density at radius 1 is 0.586 bits per heavy atom. The van der Waals surface area contributed by atoms with Crippen molar-refractivity contribution in [2.45, 2.75) is 154 Å². The van der Waals surface area contributed by atoms with Crippen LogP contribution in [0.1, 0.15) is 149 Å². The van der Waals surface area contributed by atoms with E-state index < -0.39 is 0 Å². The third kappa shape index (κ3) is 4.64. The van der Waals surface area contributed by atoms with Crippen molar-refractivity contribution in [1.29, 1.82) is 0 Å². The van der Waals surface area contributed by atoms with Gasteiger partial charge in [-0.2, -0.15) is 0 Å². The second-order valence-electron chi connectivity index (χ2n) is 22.8. The van der Waals surface area contributed by atoms with Crippen molar-refractivity contribution >= 4 is 62.5 Å². The van der Waals surface area contributed by atoms with Crippen molar-refractivity contribution in [3.63, 3.8) is 0 Å². The number of anilines is 4. The van der Waals surface area contributed by atoms with Crippen molar-refractivity contribution in [2.75, 3.05) is 9.71 Å². The minimum Gasteiger partial charge on any atom is -0.456 e. The molecular weight excluding hydrogens is 703 g/mol. The van der Waals surface area contributed by atoms with Crippen molar-refractivity contribution in [3.05, 3.63) is 107 Å². The standard InChI is InChI=1S/C54H61BN2O/c1-49(2,3)32-24-38-35-30-45-37(36-28-39-40(31-46(36)58-45)52(9,10)23-22-51(39,7)8)29-43(35)57(34-18-14-13-15-19-34)55-42-26-33(50(4,5)6)25-41-48(42)56(44(27-32)47(38)55)54(12)21-17-16-20-53(41,54)11/h13-15,18-19,24-31H,16-17,20-23H2,1-12H3. The molecule has 296 valence electrons. The van der Waals surface area contributed by atoms with Gasteiger partial charge in [0.15, 0.2) is 0 Å². The predicted molar refractivity (Wildman–Crippen MR) is 248 cm³/mol. The normalized spacial score (nSPS) is 23.8. The average Bonchev–Trinajstić information content (AvgIpc) is 3.62. The molecule has 6 aromatic rings. The van der Waals surface area contributed by atoms with E-state index in [1.165, 1.54) is 116 Å². The SMILES string of the molecule is CC(C)(C)c1cc2c3c(c1)N1c4c(cc(C(C)(C)C)cc4C4(C)CCCCC14C)B3N(c1ccccc1)c1cc3c(cc1-2)oc1cc2c(cc13)C(C)(C)CCC2(C)C. The Morgan fingerprint density at radius 2 is 1.21 bits per heavy atom. The van der Waals surface area contributed by atoms with Crippen LogP contribution in [-0.4, -0.2) is 12.4 Å². The molecule has 0 spiro atoms. The zero-order chi connectivity index (χ0) is 40.7. The fourth-order valence-corrected chi connectivity index (χ4v) is 12.4. The number of rotatable bonds is 1. The first-order valence-corrected chi connectivity index (χ1v) is 22.3. The lowest BCUT2D eigenvalue weighted by Gasteiger charge is -2.53. The van der Waals surface area contributed by atoms with E-state index in [9.17, 15) is 0 Å². The van der Waals surface area contributed by atoms with Crippen molar-refractivity contribution < 1.29 is 4.42 Å². The van der Waals surface area contributed by atoms with Crippen LogP contribution in [0.3, 0.4) is 0 Å². The monoisotopic (exact) mass is 764 g/mol. The molecule has 3 aliphatic heterocycles. The smallest absolute Gasteiger partial charge is 0.333 e. The van der Waals surface area contributed by atoms with Gasteiger partial charge in [-0.1, -0.05) is 125 Å². The summed E-state index contributed by atoms with van der Waals surface area (Å²) in [7, 11) is 0. The van der Waals surface area contributed by atoms with Gasteiger partial charge in [-0.25, -0.2) is 0 Å². The Kier molecular flexibility index (Phi) is 7.09. The van der Waals surface area contributed by atoms with E-state index in [1.807, 2.05) is 0 Å². The number of benzene rings is 5. The van der Waals surface area contributed by atoms with Gasteiger partial charge in [0.1, 0.15) is 11.2 Å². The lowest BCUT2D eigenvalue weighted by atomic mass is 9.43. The molecule has 5 aliphatic rings. The summed E-state index contributed by atoms with van der Waals surface area (Å²) in [5.74, 6) is 0.